The third-order valence-electron chi connectivity index (χ3n) is 2.84. The second-order valence-corrected chi connectivity index (χ2v) is 4.12. The maximum atomic E-state index is 12.2. The average Bonchev–Trinajstić information content (AvgIpc) is 2.38. The Hall–Kier alpha value is -1.95. The Bertz CT molecular complexity index is 475. The van der Waals surface area contributed by atoms with Crippen molar-refractivity contribution >= 4 is 11.9 Å². The van der Waals surface area contributed by atoms with Crippen LogP contribution in [0, 0.1) is 6.92 Å². The fourth-order valence-electron chi connectivity index (χ4n) is 1.84. The first kappa shape index (κ1) is 12.5. The van der Waals surface area contributed by atoms with Gasteiger partial charge in [0.15, 0.2) is 6.10 Å². The fraction of sp³-hybridized carbons (Fsp3) is 0.417. The molecule has 1 aliphatic heterocycles. The van der Waals surface area contributed by atoms with Gasteiger partial charge >= 0.3 is 5.97 Å². The van der Waals surface area contributed by atoms with Gasteiger partial charge in [0.25, 0.3) is 5.91 Å². The summed E-state index contributed by atoms with van der Waals surface area (Å²) in [5.74, 6) is -1.30. The lowest BCUT2D eigenvalue weighted by Gasteiger charge is -2.30. The molecule has 2 heterocycles. The van der Waals surface area contributed by atoms with E-state index >= 15 is 0 Å². The number of ether oxygens (including phenoxy) is 1. The maximum absolute atomic E-state index is 12.2. The second kappa shape index (κ2) is 5.14. The zero-order valence-electron chi connectivity index (χ0n) is 10.00. The number of rotatable bonds is 2. The number of aromatic nitrogens is 1. The highest BCUT2D eigenvalue weighted by atomic mass is 16.5. The number of pyridine rings is 1. The van der Waals surface area contributed by atoms with E-state index in [0.717, 1.165) is 5.56 Å². The topological polar surface area (TPSA) is 79.7 Å². The van der Waals surface area contributed by atoms with Crippen LogP contribution in [0.1, 0.15) is 16.1 Å². The number of hydrogen-bond donors (Lipinski definition) is 1. The quantitative estimate of drug-likeness (QED) is 0.817. The molecule has 1 aromatic rings. The molecular formula is C12H14N2O4. The molecule has 0 aromatic carbocycles. The number of carbonyl (C=O) groups is 2. The van der Waals surface area contributed by atoms with Crippen molar-refractivity contribution in [1.29, 1.82) is 0 Å². The van der Waals surface area contributed by atoms with Crippen molar-refractivity contribution in [2.45, 2.75) is 13.0 Å². The predicted molar refractivity (Wildman–Crippen MR) is 62.3 cm³/mol. The van der Waals surface area contributed by atoms with Gasteiger partial charge in [-0.2, -0.15) is 0 Å². The molecule has 1 aliphatic rings. The highest BCUT2D eigenvalue weighted by Crippen LogP contribution is 2.12. The third-order valence-corrected chi connectivity index (χ3v) is 2.84. The standard InChI is InChI=1S/C12H14N2O4/c1-8-3-2-4-13-10(8)11(15)14-5-6-18-9(7-14)12(16)17/h2-4,9H,5-7H2,1H3,(H,16,17). The van der Waals surface area contributed by atoms with Gasteiger partial charge in [-0.05, 0) is 18.6 Å². The zero-order valence-corrected chi connectivity index (χ0v) is 10.00. The van der Waals surface area contributed by atoms with Crippen LogP contribution in [-0.4, -0.2) is 52.7 Å². The van der Waals surface area contributed by atoms with E-state index in [4.69, 9.17) is 9.84 Å². The third kappa shape index (κ3) is 2.48. The summed E-state index contributed by atoms with van der Waals surface area (Å²) in [6.07, 6.45) is 0.599. The molecule has 6 heteroatoms. The molecule has 6 nitrogen and oxygen atoms in total. The molecule has 0 bridgehead atoms. The van der Waals surface area contributed by atoms with E-state index in [0.29, 0.717) is 12.2 Å². The van der Waals surface area contributed by atoms with Gasteiger partial charge in [-0.15, -0.1) is 0 Å². The Balaban J connectivity index is 2.14. The Morgan fingerprint density at radius 2 is 2.33 bits per heavy atom. The molecule has 96 valence electrons. The Labute approximate surface area is 104 Å². The van der Waals surface area contributed by atoms with Crippen LogP contribution >= 0.6 is 0 Å². The van der Waals surface area contributed by atoms with Crippen LogP contribution in [0.25, 0.3) is 0 Å². The molecule has 1 N–H and O–H groups in total. The van der Waals surface area contributed by atoms with Crippen molar-refractivity contribution in [3.05, 3.63) is 29.6 Å². The van der Waals surface area contributed by atoms with E-state index in [-0.39, 0.29) is 19.1 Å². The van der Waals surface area contributed by atoms with Crippen molar-refractivity contribution in [3.8, 4) is 0 Å². The molecule has 1 fully saturated rings. The van der Waals surface area contributed by atoms with Crippen LogP contribution in [0.2, 0.25) is 0 Å². The minimum atomic E-state index is -1.05. The van der Waals surface area contributed by atoms with Crippen molar-refractivity contribution < 1.29 is 19.4 Å². The minimum Gasteiger partial charge on any atom is -0.479 e. The Morgan fingerprint density at radius 1 is 1.56 bits per heavy atom. The molecule has 2 rings (SSSR count). The molecule has 1 unspecified atom stereocenters. The van der Waals surface area contributed by atoms with Crippen molar-refractivity contribution in [3.63, 3.8) is 0 Å². The van der Waals surface area contributed by atoms with Crippen LogP contribution < -0.4 is 0 Å². The monoisotopic (exact) mass is 250 g/mol. The van der Waals surface area contributed by atoms with Crippen LogP contribution in [0.15, 0.2) is 18.3 Å². The first-order valence-corrected chi connectivity index (χ1v) is 5.65. The number of morpholine rings is 1. The van der Waals surface area contributed by atoms with Crippen LogP contribution in [0.4, 0.5) is 0 Å². The highest BCUT2D eigenvalue weighted by molar-refractivity contribution is 5.94. The van der Waals surface area contributed by atoms with Crippen molar-refractivity contribution in [2.75, 3.05) is 19.7 Å². The van der Waals surface area contributed by atoms with E-state index in [9.17, 15) is 9.59 Å². The van der Waals surface area contributed by atoms with Gasteiger partial charge in [0.1, 0.15) is 5.69 Å². The van der Waals surface area contributed by atoms with Crippen molar-refractivity contribution in [2.24, 2.45) is 0 Å². The molecule has 0 saturated carbocycles. The summed E-state index contributed by atoms with van der Waals surface area (Å²) in [4.78, 5) is 28.6. The molecule has 1 amide bonds. The van der Waals surface area contributed by atoms with Crippen LogP contribution in [-0.2, 0) is 9.53 Å². The lowest BCUT2D eigenvalue weighted by molar-refractivity contribution is -0.154. The number of aryl methyl sites for hydroxylation is 1. The molecule has 1 saturated heterocycles. The second-order valence-electron chi connectivity index (χ2n) is 4.12. The number of nitrogens with zero attached hydrogens (tertiary/aromatic N) is 2. The number of carbonyl (C=O) groups excluding carboxylic acids is 1. The minimum absolute atomic E-state index is 0.0597. The van der Waals surface area contributed by atoms with Gasteiger partial charge in [-0.25, -0.2) is 4.79 Å². The van der Waals surface area contributed by atoms with Gasteiger partial charge in [0.2, 0.25) is 0 Å². The number of carboxylic acids is 1. The summed E-state index contributed by atoms with van der Waals surface area (Å²) in [5, 5.41) is 8.88. The maximum Gasteiger partial charge on any atom is 0.334 e. The number of amides is 1. The molecule has 0 aliphatic carbocycles. The summed E-state index contributed by atoms with van der Waals surface area (Å²) in [6, 6.07) is 3.56. The van der Waals surface area contributed by atoms with Crippen LogP contribution in [0.3, 0.4) is 0 Å². The lowest BCUT2D eigenvalue weighted by atomic mass is 10.2. The summed E-state index contributed by atoms with van der Waals surface area (Å²) in [7, 11) is 0. The summed E-state index contributed by atoms with van der Waals surface area (Å²) in [6.45, 7) is 2.48. The average molecular weight is 250 g/mol. The zero-order chi connectivity index (χ0) is 13.1. The van der Waals surface area contributed by atoms with Gasteiger partial charge in [0.05, 0.1) is 13.2 Å². The van der Waals surface area contributed by atoms with E-state index in [1.165, 1.54) is 4.90 Å². The first-order valence-electron chi connectivity index (χ1n) is 5.65. The number of aliphatic carboxylic acids is 1. The van der Waals surface area contributed by atoms with Crippen LogP contribution in [0.5, 0.6) is 0 Å². The first-order chi connectivity index (χ1) is 8.59. The fourth-order valence-corrected chi connectivity index (χ4v) is 1.84. The largest absolute Gasteiger partial charge is 0.479 e. The van der Waals surface area contributed by atoms with Gasteiger partial charge in [-0.1, -0.05) is 6.07 Å². The smallest absolute Gasteiger partial charge is 0.334 e. The lowest BCUT2D eigenvalue weighted by Crippen LogP contribution is -2.48. The summed E-state index contributed by atoms with van der Waals surface area (Å²) < 4.78 is 5.07. The molecule has 1 aromatic heterocycles. The molecule has 0 spiro atoms. The molecular weight excluding hydrogens is 236 g/mol. The summed E-state index contributed by atoms with van der Waals surface area (Å²) >= 11 is 0. The molecule has 18 heavy (non-hydrogen) atoms. The number of carboxylic acid groups (broad SMARTS) is 1. The predicted octanol–water partition coefficient (Wildman–Crippen LogP) is 0.316. The Morgan fingerprint density at radius 3 is 3.00 bits per heavy atom. The van der Waals surface area contributed by atoms with Crippen molar-refractivity contribution in [1.82, 2.24) is 9.88 Å². The summed E-state index contributed by atoms with van der Waals surface area (Å²) in [5.41, 5.74) is 1.14. The van der Waals surface area contributed by atoms with E-state index in [1.54, 1.807) is 25.3 Å². The molecule has 1 atom stereocenters. The van der Waals surface area contributed by atoms with Gasteiger partial charge < -0.3 is 14.7 Å². The van der Waals surface area contributed by atoms with E-state index in [2.05, 4.69) is 4.98 Å². The highest BCUT2D eigenvalue weighted by Gasteiger charge is 2.30. The molecule has 0 radical (unpaired) electrons. The van der Waals surface area contributed by atoms with Gasteiger partial charge in [-0.3, -0.25) is 9.78 Å². The normalized spacial score (nSPS) is 19.6. The van der Waals surface area contributed by atoms with E-state index < -0.39 is 12.1 Å². The number of hydrogen-bond acceptors (Lipinski definition) is 4. The van der Waals surface area contributed by atoms with E-state index in [1.807, 2.05) is 0 Å². The van der Waals surface area contributed by atoms with Gasteiger partial charge in [0, 0.05) is 12.7 Å². The SMILES string of the molecule is Cc1cccnc1C(=O)N1CCOC(C(=O)O)C1. The Kier molecular flexibility index (Phi) is 3.57.